The number of carboxylic acids is 1. The number of nitrogens with zero attached hydrogens (tertiary/aromatic N) is 5. The maximum absolute atomic E-state index is 15.5. The van der Waals surface area contributed by atoms with Gasteiger partial charge in [-0.15, -0.1) is 0 Å². The molecule has 0 spiro atoms. The van der Waals surface area contributed by atoms with Gasteiger partial charge < -0.3 is 28.9 Å². The molecule has 2 unspecified atom stereocenters. The van der Waals surface area contributed by atoms with Crippen molar-refractivity contribution in [2.75, 3.05) is 69.4 Å². The second-order valence-corrected chi connectivity index (χ2v) is 12.6. The summed E-state index contributed by atoms with van der Waals surface area (Å²) in [5.74, 6) is -1.73. The van der Waals surface area contributed by atoms with Crippen LogP contribution in [0.5, 0.6) is 0 Å². The highest BCUT2D eigenvalue weighted by Crippen LogP contribution is 2.35. The van der Waals surface area contributed by atoms with Crippen molar-refractivity contribution in [2.45, 2.75) is 25.0 Å². The van der Waals surface area contributed by atoms with Crippen LogP contribution in [-0.2, 0) is 9.47 Å². The highest BCUT2D eigenvalue weighted by Gasteiger charge is 2.30. The molecule has 3 aliphatic rings. The van der Waals surface area contributed by atoms with Gasteiger partial charge in [-0.25, -0.2) is 14.2 Å². The zero-order valence-electron chi connectivity index (χ0n) is 24.4. The van der Waals surface area contributed by atoms with E-state index < -0.39 is 17.2 Å². The summed E-state index contributed by atoms with van der Waals surface area (Å²) in [6.45, 7) is 6.63. The van der Waals surface area contributed by atoms with Gasteiger partial charge >= 0.3 is 5.97 Å². The van der Waals surface area contributed by atoms with Gasteiger partial charge in [0, 0.05) is 75.9 Å². The number of hydrogen-bond acceptors (Lipinski definition) is 9. The van der Waals surface area contributed by atoms with Gasteiger partial charge in [-0.1, -0.05) is 17.4 Å². The number of methoxy groups -OCH3 is 1. The second-order valence-electron chi connectivity index (χ2n) is 11.6. The summed E-state index contributed by atoms with van der Waals surface area (Å²) in [5, 5.41) is 10.7. The number of carboxylic acid groups (broad SMARTS) is 1. The predicted octanol–water partition coefficient (Wildman–Crippen LogP) is 4.09. The summed E-state index contributed by atoms with van der Waals surface area (Å²) in [7, 11) is 1.66. The van der Waals surface area contributed by atoms with Gasteiger partial charge in [0.15, 0.2) is 10.6 Å². The Kier molecular flexibility index (Phi) is 7.83. The largest absolute Gasteiger partial charge is 0.477 e. The van der Waals surface area contributed by atoms with Crippen LogP contribution in [0.3, 0.4) is 0 Å². The summed E-state index contributed by atoms with van der Waals surface area (Å²) in [5.41, 5.74) is 1.86. The van der Waals surface area contributed by atoms with E-state index >= 15 is 4.39 Å². The molecule has 7 rings (SSSR count). The van der Waals surface area contributed by atoms with Crippen LogP contribution < -0.4 is 15.2 Å². The van der Waals surface area contributed by atoms with E-state index in [1.807, 2.05) is 23.1 Å². The smallest absolute Gasteiger partial charge is 0.341 e. The van der Waals surface area contributed by atoms with Gasteiger partial charge in [0.05, 0.1) is 40.9 Å². The lowest BCUT2D eigenvalue weighted by Crippen LogP contribution is -2.44. The normalized spacial score (nSPS) is 21.0. The van der Waals surface area contributed by atoms with Crippen LogP contribution in [-0.4, -0.2) is 97.3 Å². The molecule has 0 saturated carbocycles. The van der Waals surface area contributed by atoms with E-state index in [0.717, 1.165) is 67.6 Å². The van der Waals surface area contributed by atoms with Crippen molar-refractivity contribution in [3.05, 3.63) is 70.3 Å². The molecular weight excluding hydrogens is 585 g/mol. The zero-order chi connectivity index (χ0) is 30.4. The number of anilines is 2. The minimum absolute atomic E-state index is 0.0571. The van der Waals surface area contributed by atoms with Crippen molar-refractivity contribution >= 4 is 38.3 Å². The number of halogens is 1. The fourth-order valence-corrected chi connectivity index (χ4v) is 7.57. The van der Waals surface area contributed by atoms with E-state index in [4.69, 9.17) is 14.5 Å². The predicted molar refractivity (Wildman–Crippen MR) is 168 cm³/mol. The van der Waals surface area contributed by atoms with E-state index in [2.05, 4.69) is 9.80 Å². The molecule has 0 bridgehead atoms. The molecule has 3 fully saturated rings. The topological polar surface area (TPSA) is 100 Å². The third-order valence-corrected chi connectivity index (χ3v) is 10.1. The first-order valence-electron chi connectivity index (χ1n) is 14.9. The van der Waals surface area contributed by atoms with Gasteiger partial charge in [-0.3, -0.25) is 9.69 Å². The number of benzene rings is 2. The van der Waals surface area contributed by atoms with E-state index in [0.29, 0.717) is 41.8 Å². The summed E-state index contributed by atoms with van der Waals surface area (Å²) in [6.07, 6.45) is 3.29. The average molecular weight is 620 g/mol. The van der Waals surface area contributed by atoms with Crippen molar-refractivity contribution in [1.82, 2.24) is 14.5 Å². The number of carbonyl (C=O) groups is 1. The SMILES string of the molecule is COC1CCN(c2ccc(-c3cc(=O)c(C(=O)O)cn3-c3ccc4nc(N5CCC(N6CCOCC6)C5)sc4c3)cc2F)C1. The second kappa shape index (κ2) is 11.9. The van der Waals surface area contributed by atoms with Gasteiger partial charge in [0.1, 0.15) is 11.4 Å². The number of ether oxygens (including phenoxy) is 2. The van der Waals surface area contributed by atoms with Crippen LogP contribution in [0.1, 0.15) is 23.2 Å². The average Bonchev–Trinajstić information content (AvgIpc) is 3.80. The molecule has 2 aromatic heterocycles. The quantitative estimate of drug-likeness (QED) is 0.328. The third-order valence-electron chi connectivity index (χ3n) is 8.98. The lowest BCUT2D eigenvalue weighted by atomic mass is 10.1. The first-order valence-corrected chi connectivity index (χ1v) is 15.7. The van der Waals surface area contributed by atoms with Crippen LogP contribution >= 0.6 is 11.3 Å². The summed E-state index contributed by atoms with van der Waals surface area (Å²) in [6, 6.07) is 12.4. The van der Waals surface area contributed by atoms with Crippen molar-refractivity contribution < 1.29 is 23.8 Å². The van der Waals surface area contributed by atoms with Gasteiger partial charge in [-0.05, 0) is 43.2 Å². The molecule has 12 heteroatoms. The molecule has 230 valence electrons. The Morgan fingerprint density at radius 2 is 1.86 bits per heavy atom. The molecule has 2 aromatic carbocycles. The number of rotatable bonds is 7. The minimum atomic E-state index is -1.32. The lowest BCUT2D eigenvalue weighted by molar-refractivity contribution is 0.0209. The van der Waals surface area contributed by atoms with Gasteiger partial charge in [0.25, 0.3) is 0 Å². The Balaban J connectivity index is 1.22. The number of morpholine rings is 1. The van der Waals surface area contributed by atoms with Crippen molar-refractivity contribution in [3.8, 4) is 16.9 Å². The number of thiazole rings is 1. The van der Waals surface area contributed by atoms with Crippen LogP contribution in [0.15, 0.2) is 53.5 Å². The Morgan fingerprint density at radius 3 is 2.61 bits per heavy atom. The van der Waals surface area contributed by atoms with E-state index in [-0.39, 0.29) is 11.7 Å². The highest BCUT2D eigenvalue weighted by atomic mass is 32.1. The molecule has 5 heterocycles. The Morgan fingerprint density at radius 1 is 1.05 bits per heavy atom. The molecule has 3 saturated heterocycles. The summed E-state index contributed by atoms with van der Waals surface area (Å²) < 4.78 is 29.0. The molecule has 1 N–H and O–H groups in total. The first kappa shape index (κ1) is 28.9. The molecule has 0 aliphatic carbocycles. The summed E-state index contributed by atoms with van der Waals surface area (Å²) in [4.78, 5) is 36.5. The van der Waals surface area contributed by atoms with Crippen LogP contribution in [0.2, 0.25) is 0 Å². The van der Waals surface area contributed by atoms with Crippen LogP contribution in [0, 0.1) is 5.82 Å². The van der Waals surface area contributed by atoms with Crippen molar-refractivity contribution in [3.63, 3.8) is 0 Å². The number of hydrogen-bond donors (Lipinski definition) is 1. The fourth-order valence-electron chi connectivity index (χ4n) is 6.53. The third kappa shape index (κ3) is 5.47. The minimum Gasteiger partial charge on any atom is -0.477 e. The zero-order valence-corrected chi connectivity index (χ0v) is 25.3. The monoisotopic (exact) mass is 619 g/mol. The number of aromatic nitrogens is 2. The Labute approximate surface area is 257 Å². The molecule has 3 aliphatic heterocycles. The van der Waals surface area contributed by atoms with E-state index in [1.165, 1.54) is 18.3 Å². The molecule has 10 nitrogen and oxygen atoms in total. The molecule has 2 atom stereocenters. The van der Waals surface area contributed by atoms with Crippen LogP contribution in [0.4, 0.5) is 15.2 Å². The van der Waals surface area contributed by atoms with Gasteiger partial charge in [0.2, 0.25) is 0 Å². The molecule has 44 heavy (non-hydrogen) atoms. The van der Waals surface area contributed by atoms with Gasteiger partial charge in [-0.2, -0.15) is 0 Å². The Bertz CT molecular complexity index is 1770. The van der Waals surface area contributed by atoms with Crippen molar-refractivity contribution in [1.29, 1.82) is 0 Å². The molecule has 0 amide bonds. The molecule has 4 aromatic rings. The maximum Gasteiger partial charge on any atom is 0.341 e. The van der Waals surface area contributed by atoms with E-state index in [9.17, 15) is 14.7 Å². The maximum atomic E-state index is 15.5. The number of pyridine rings is 1. The van der Waals surface area contributed by atoms with Crippen LogP contribution in [0.25, 0.3) is 27.2 Å². The Hall–Kier alpha value is -3.84. The molecular formula is C32H34FN5O5S. The highest BCUT2D eigenvalue weighted by molar-refractivity contribution is 7.22. The summed E-state index contributed by atoms with van der Waals surface area (Å²) >= 11 is 1.59. The van der Waals surface area contributed by atoms with Crippen molar-refractivity contribution in [2.24, 2.45) is 0 Å². The first-order chi connectivity index (χ1) is 21.4. The van der Waals surface area contributed by atoms with E-state index in [1.54, 1.807) is 35.1 Å². The standard InChI is InChI=1S/C32H34FN5O5S/c1-42-23-7-9-36(18-23)27-5-2-20(14-25(27)33)28-16-29(39)24(31(40)41)19-38(28)21-3-4-26-30(15-21)44-32(34-26)37-8-6-22(17-37)35-10-12-43-13-11-35/h2-5,14-16,19,22-23H,6-13,17-18H2,1H3,(H,40,41). The molecule has 0 radical (unpaired) electrons. The number of fused-ring (bicyclic) bond motifs is 1. The lowest BCUT2D eigenvalue weighted by Gasteiger charge is -2.32. The fraction of sp³-hybridized carbons (Fsp3) is 0.406. The number of aromatic carboxylic acids is 1.